The molecule has 27 heavy (non-hydrogen) atoms. The van der Waals surface area contributed by atoms with Crippen LogP contribution in [0.4, 0.5) is 0 Å². The van der Waals surface area contributed by atoms with E-state index in [2.05, 4.69) is 57.4 Å². The molecule has 0 unspecified atom stereocenters. The molecule has 3 aromatic rings. The lowest BCUT2D eigenvalue weighted by molar-refractivity contribution is -0.126. The molecule has 0 aliphatic carbocycles. The molecule has 2 aromatic carbocycles. The summed E-state index contributed by atoms with van der Waals surface area (Å²) in [6.45, 7) is 4.42. The Bertz CT molecular complexity index is 933. The minimum atomic E-state index is 0.127. The molecule has 5 heteroatoms. The molecule has 1 amide bonds. The minimum Gasteiger partial charge on any atom is -0.352 e. The Morgan fingerprint density at radius 1 is 1.22 bits per heavy atom. The van der Waals surface area contributed by atoms with Crippen LogP contribution in [0.1, 0.15) is 30.9 Å². The summed E-state index contributed by atoms with van der Waals surface area (Å²) in [6.07, 6.45) is 3.72. The highest BCUT2D eigenvalue weighted by atomic mass is 16.1. The number of amides is 1. The SMILES string of the molecule is C[C@H]1C[C@@H](C(=O)NCc2cccc(Cn3cnc4ccccc43)c2)CCN1. The molecule has 0 spiro atoms. The quantitative estimate of drug-likeness (QED) is 0.733. The van der Waals surface area contributed by atoms with Crippen molar-refractivity contribution in [2.45, 2.75) is 38.9 Å². The van der Waals surface area contributed by atoms with Gasteiger partial charge in [0, 0.05) is 25.0 Å². The normalized spacial score (nSPS) is 19.9. The van der Waals surface area contributed by atoms with E-state index >= 15 is 0 Å². The van der Waals surface area contributed by atoms with Crippen LogP contribution in [0.3, 0.4) is 0 Å². The standard InChI is InChI=1S/C22H26N4O/c1-16-11-19(9-10-23-16)22(27)24-13-17-5-4-6-18(12-17)14-26-15-25-20-7-2-3-8-21(20)26/h2-8,12,15-16,19,23H,9-11,13-14H2,1H3,(H,24,27)/t16-,19-/m0/s1. The van der Waals surface area contributed by atoms with Crippen molar-refractivity contribution in [3.05, 3.63) is 66.0 Å². The second-order valence-electron chi connectivity index (χ2n) is 7.48. The minimum absolute atomic E-state index is 0.127. The first kappa shape index (κ1) is 17.7. The van der Waals surface area contributed by atoms with Crippen molar-refractivity contribution >= 4 is 16.9 Å². The Labute approximate surface area is 159 Å². The number of imidazole rings is 1. The van der Waals surface area contributed by atoms with Gasteiger partial charge in [-0.05, 0) is 49.6 Å². The van der Waals surface area contributed by atoms with E-state index in [-0.39, 0.29) is 11.8 Å². The number of rotatable bonds is 5. The molecule has 1 fully saturated rings. The van der Waals surface area contributed by atoms with Crippen molar-refractivity contribution in [2.24, 2.45) is 5.92 Å². The number of carbonyl (C=O) groups excluding carboxylic acids is 1. The summed E-state index contributed by atoms with van der Waals surface area (Å²) >= 11 is 0. The van der Waals surface area contributed by atoms with E-state index in [9.17, 15) is 4.79 Å². The highest BCUT2D eigenvalue weighted by Gasteiger charge is 2.24. The number of carbonyl (C=O) groups is 1. The summed E-state index contributed by atoms with van der Waals surface area (Å²) in [5, 5.41) is 6.51. The van der Waals surface area contributed by atoms with Crippen molar-refractivity contribution in [1.82, 2.24) is 20.2 Å². The fraction of sp³-hybridized carbons (Fsp3) is 0.364. The van der Waals surface area contributed by atoms with Gasteiger partial charge in [0.15, 0.2) is 0 Å². The van der Waals surface area contributed by atoms with E-state index in [1.807, 2.05) is 24.5 Å². The predicted molar refractivity (Wildman–Crippen MR) is 107 cm³/mol. The Kier molecular flexibility index (Phi) is 5.21. The van der Waals surface area contributed by atoms with Gasteiger partial charge in [-0.3, -0.25) is 4.79 Å². The first-order chi connectivity index (χ1) is 13.2. The monoisotopic (exact) mass is 362 g/mol. The maximum Gasteiger partial charge on any atom is 0.223 e. The molecule has 0 bridgehead atoms. The van der Waals surface area contributed by atoms with E-state index in [4.69, 9.17) is 0 Å². The second kappa shape index (κ2) is 7.92. The second-order valence-corrected chi connectivity index (χ2v) is 7.48. The van der Waals surface area contributed by atoms with Crippen molar-refractivity contribution in [3.8, 4) is 0 Å². The molecular weight excluding hydrogens is 336 g/mol. The Hall–Kier alpha value is -2.66. The van der Waals surface area contributed by atoms with Gasteiger partial charge in [0.05, 0.1) is 17.4 Å². The van der Waals surface area contributed by atoms with E-state index < -0.39 is 0 Å². The van der Waals surface area contributed by atoms with Crippen molar-refractivity contribution in [2.75, 3.05) is 6.54 Å². The van der Waals surface area contributed by atoms with Crippen molar-refractivity contribution < 1.29 is 4.79 Å². The van der Waals surface area contributed by atoms with Gasteiger partial charge in [-0.15, -0.1) is 0 Å². The average molecular weight is 362 g/mol. The fourth-order valence-corrected chi connectivity index (χ4v) is 3.87. The van der Waals surface area contributed by atoms with Gasteiger partial charge < -0.3 is 15.2 Å². The lowest BCUT2D eigenvalue weighted by Crippen LogP contribution is -2.42. The lowest BCUT2D eigenvalue weighted by atomic mass is 9.92. The van der Waals surface area contributed by atoms with Gasteiger partial charge in [0.2, 0.25) is 5.91 Å². The highest BCUT2D eigenvalue weighted by Crippen LogP contribution is 2.17. The largest absolute Gasteiger partial charge is 0.352 e. The Morgan fingerprint density at radius 2 is 2.07 bits per heavy atom. The zero-order chi connectivity index (χ0) is 18.6. The smallest absolute Gasteiger partial charge is 0.223 e. The molecule has 2 atom stereocenters. The predicted octanol–water partition coefficient (Wildman–Crippen LogP) is 3.09. The molecular formula is C22H26N4O. The number of hydrogen-bond donors (Lipinski definition) is 2. The molecule has 1 aliphatic rings. The summed E-state index contributed by atoms with van der Waals surface area (Å²) in [5.41, 5.74) is 4.49. The molecule has 1 aliphatic heterocycles. The van der Waals surface area contributed by atoms with Gasteiger partial charge in [-0.2, -0.15) is 0 Å². The first-order valence-corrected chi connectivity index (χ1v) is 9.68. The topological polar surface area (TPSA) is 59.0 Å². The summed E-state index contributed by atoms with van der Waals surface area (Å²) in [6, 6.07) is 17.0. The van der Waals surface area contributed by atoms with Gasteiger partial charge in [-0.25, -0.2) is 4.98 Å². The molecule has 140 valence electrons. The van der Waals surface area contributed by atoms with Crippen molar-refractivity contribution in [1.29, 1.82) is 0 Å². The first-order valence-electron chi connectivity index (χ1n) is 9.68. The van der Waals surface area contributed by atoms with Crippen LogP contribution in [0.2, 0.25) is 0 Å². The number of nitrogens with one attached hydrogen (secondary N) is 2. The summed E-state index contributed by atoms with van der Waals surface area (Å²) in [7, 11) is 0. The molecule has 2 N–H and O–H groups in total. The number of hydrogen-bond acceptors (Lipinski definition) is 3. The van der Waals surface area contributed by atoms with Crippen LogP contribution in [0.5, 0.6) is 0 Å². The van der Waals surface area contributed by atoms with Gasteiger partial charge in [-0.1, -0.05) is 36.4 Å². The van der Waals surface area contributed by atoms with E-state index in [1.165, 1.54) is 5.56 Å². The van der Waals surface area contributed by atoms with Crippen LogP contribution in [0, 0.1) is 5.92 Å². The number of piperidine rings is 1. The lowest BCUT2D eigenvalue weighted by Gasteiger charge is -2.27. The van der Waals surface area contributed by atoms with E-state index in [1.54, 1.807) is 0 Å². The van der Waals surface area contributed by atoms with Crippen LogP contribution in [0.15, 0.2) is 54.9 Å². The molecule has 4 rings (SSSR count). The highest BCUT2D eigenvalue weighted by molar-refractivity contribution is 5.78. The van der Waals surface area contributed by atoms with Crippen molar-refractivity contribution in [3.63, 3.8) is 0 Å². The summed E-state index contributed by atoms with van der Waals surface area (Å²) in [5.74, 6) is 0.302. The van der Waals surface area contributed by atoms with Crippen LogP contribution in [-0.2, 0) is 17.9 Å². The third-order valence-electron chi connectivity index (χ3n) is 5.33. The molecule has 5 nitrogen and oxygen atoms in total. The molecule has 0 radical (unpaired) electrons. The van der Waals surface area contributed by atoms with Crippen LogP contribution in [-0.4, -0.2) is 28.0 Å². The average Bonchev–Trinajstić information content (AvgIpc) is 3.09. The number of para-hydroxylation sites is 2. The molecule has 2 heterocycles. The van der Waals surface area contributed by atoms with Crippen LogP contribution in [0.25, 0.3) is 11.0 Å². The summed E-state index contributed by atoms with van der Waals surface area (Å²) in [4.78, 5) is 16.9. The zero-order valence-electron chi connectivity index (χ0n) is 15.7. The van der Waals surface area contributed by atoms with Gasteiger partial charge in [0.25, 0.3) is 0 Å². The molecule has 0 saturated carbocycles. The van der Waals surface area contributed by atoms with Gasteiger partial charge in [0.1, 0.15) is 0 Å². The van der Waals surface area contributed by atoms with Crippen LogP contribution < -0.4 is 10.6 Å². The number of fused-ring (bicyclic) bond motifs is 1. The fourth-order valence-electron chi connectivity index (χ4n) is 3.87. The number of nitrogens with zero attached hydrogens (tertiary/aromatic N) is 2. The third-order valence-corrected chi connectivity index (χ3v) is 5.33. The maximum atomic E-state index is 12.5. The summed E-state index contributed by atoms with van der Waals surface area (Å²) < 4.78 is 2.16. The third kappa shape index (κ3) is 4.19. The molecule has 1 aromatic heterocycles. The maximum absolute atomic E-state index is 12.5. The van der Waals surface area contributed by atoms with E-state index in [0.717, 1.165) is 42.5 Å². The van der Waals surface area contributed by atoms with Crippen LogP contribution >= 0.6 is 0 Å². The Morgan fingerprint density at radius 3 is 2.96 bits per heavy atom. The number of benzene rings is 2. The van der Waals surface area contributed by atoms with E-state index in [0.29, 0.717) is 12.6 Å². The Balaban J connectivity index is 1.39. The number of aromatic nitrogens is 2. The molecule has 1 saturated heterocycles. The van der Waals surface area contributed by atoms with Gasteiger partial charge >= 0.3 is 0 Å². The zero-order valence-corrected chi connectivity index (χ0v) is 15.7.